The molecule has 1 amide bonds. The van der Waals surface area contributed by atoms with Crippen LogP contribution < -0.4 is 0 Å². The summed E-state index contributed by atoms with van der Waals surface area (Å²) >= 11 is 0. The van der Waals surface area contributed by atoms with Crippen molar-refractivity contribution >= 4 is 5.91 Å². The van der Waals surface area contributed by atoms with Crippen molar-refractivity contribution in [3.05, 3.63) is 34.9 Å². The number of carbonyl (C=O) groups is 1. The van der Waals surface area contributed by atoms with E-state index in [4.69, 9.17) is 0 Å². The van der Waals surface area contributed by atoms with Gasteiger partial charge in [-0.3, -0.25) is 4.79 Å². The lowest BCUT2D eigenvalue weighted by Crippen LogP contribution is -2.55. The van der Waals surface area contributed by atoms with Crippen molar-refractivity contribution in [2.45, 2.75) is 76.7 Å². The number of benzene rings is 1. The third-order valence-corrected chi connectivity index (χ3v) is 6.85. The summed E-state index contributed by atoms with van der Waals surface area (Å²) in [6, 6.07) is 7.70. The second-order valence-electron chi connectivity index (χ2n) is 9.13. The van der Waals surface area contributed by atoms with Crippen molar-refractivity contribution in [2.75, 3.05) is 6.54 Å². The predicted molar refractivity (Wildman–Crippen MR) is 93.7 cm³/mol. The Hall–Kier alpha value is -1.31. The molecular formula is C21H29NO. The summed E-state index contributed by atoms with van der Waals surface area (Å²) in [6.45, 7) is 10.3. The molecule has 2 heteroatoms. The van der Waals surface area contributed by atoms with Crippen molar-refractivity contribution in [1.29, 1.82) is 0 Å². The molecule has 2 saturated heterocycles. The van der Waals surface area contributed by atoms with Gasteiger partial charge in [0.2, 0.25) is 5.91 Å². The van der Waals surface area contributed by atoms with Crippen LogP contribution in [0, 0.1) is 5.92 Å². The lowest BCUT2D eigenvalue weighted by molar-refractivity contribution is -0.132. The summed E-state index contributed by atoms with van der Waals surface area (Å²) in [5, 5.41) is 0. The molecule has 2 aliphatic heterocycles. The van der Waals surface area contributed by atoms with Gasteiger partial charge in [0, 0.05) is 19.0 Å². The molecule has 4 rings (SSSR count). The molecule has 0 spiro atoms. The molecule has 23 heavy (non-hydrogen) atoms. The molecule has 2 fully saturated rings. The van der Waals surface area contributed by atoms with E-state index in [1.807, 2.05) is 0 Å². The average molecular weight is 311 g/mol. The van der Waals surface area contributed by atoms with Crippen molar-refractivity contribution < 1.29 is 4.79 Å². The molecule has 1 aromatic rings. The highest BCUT2D eigenvalue weighted by Gasteiger charge is 2.51. The molecule has 3 aliphatic rings. The molecule has 0 unspecified atom stereocenters. The lowest BCUT2D eigenvalue weighted by Gasteiger charge is -2.52. The summed E-state index contributed by atoms with van der Waals surface area (Å²) in [5.41, 5.74) is 5.03. The number of piperidine rings is 1. The predicted octanol–water partition coefficient (Wildman–Crippen LogP) is 4.20. The zero-order valence-electron chi connectivity index (χ0n) is 15.0. The maximum atomic E-state index is 12.1. The van der Waals surface area contributed by atoms with Crippen LogP contribution in [0.2, 0.25) is 0 Å². The second-order valence-corrected chi connectivity index (χ2v) is 9.13. The molecule has 2 heterocycles. The van der Waals surface area contributed by atoms with Crippen molar-refractivity contribution in [3.8, 4) is 0 Å². The van der Waals surface area contributed by atoms with Gasteiger partial charge in [-0.15, -0.1) is 0 Å². The third-order valence-electron chi connectivity index (χ3n) is 6.85. The van der Waals surface area contributed by atoms with Crippen LogP contribution in [-0.2, 0) is 22.0 Å². The molecule has 0 radical (unpaired) electrons. The van der Waals surface area contributed by atoms with Crippen LogP contribution in [0.1, 0.15) is 70.1 Å². The van der Waals surface area contributed by atoms with Crippen LogP contribution in [0.5, 0.6) is 0 Å². The number of hydrogen-bond donors (Lipinski definition) is 0. The van der Waals surface area contributed by atoms with Gasteiger partial charge in [0.05, 0.1) is 0 Å². The number of amides is 1. The highest BCUT2D eigenvalue weighted by Crippen LogP contribution is 2.52. The summed E-state index contributed by atoms with van der Waals surface area (Å²) in [7, 11) is 0. The van der Waals surface area contributed by atoms with E-state index in [9.17, 15) is 4.79 Å². The Labute approximate surface area is 140 Å². The normalized spacial score (nSPS) is 33.2. The van der Waals surface area contributed by atoms with Gasteiger partial charge in [-0.25, -0.2) is 0 Å². The third kappa shape index (κ3) is 2.17. The van der Waals surface area contributed by atoms with Gasteiger partial charge >= 0.3 is 0 Å². The van der Waals surface area contributed by atoms with E-state index in [1.54, 1.807) is 11.1 Å². The minimum Gasteiger partial charge on any atom is -0.339 e. The number of aryl methyl sites for hydroxylation is 1. The molecule has 0 bridgehead atoms. The highest BCUT2D eigenvalue weighted by atomic mass is 16.2. The van der Waals surface area contributed by atoms with E-state index in [-0.39, 0.29) is 10.8 Å². The van der Waals surface area contributed by atoms with Crippen molar-refractivity contribution in [1.82, 2.24) is 4.90 Å². The molecule has 0 saturated carbocycles. The summed E-state index contributed by atoms with van der Waals surface area (Å²) in [4.78, 5) is 14.3. The van der Waals surface area contributed by atoms with E-state index < -0.39 is 0 Å². The molecule has 0 N–H and O–H groups in total. The van der Waals surface area contributed by atoms with Gasteiger partial charge < -0.3 is 4.90 Å². The van der Waals surface area contributed by atoms with E-state index in [1.165, 1.54) is 18.4 Å². The van der Waals surface area contributed by atoms with Crippen LogP contribution in [0.4, 0.5) is 0 Å². The zero-order valence-corrected chi connectivity index (χ0v) is 15.0. The first-order valence-electron chi connectivity index (χ1n) is 9.24. The number of hydrogen-bond acceptors (Lipinski definition) is 1. The Balaban J connectivity index is 1.78. The molecule has 2 nitrogen and oxygen atoms in total. The van der Waals surface area contributed by atoms with Crippen molar-refractivity contribution in [2.24, 2.45) is 5.92 Å². The largest absolute Gasteiger partial charge is 0.339 e. The van der Waals surface area contributed by atoms with Gasteiger partial charge in [0.15, 0.2) is 0 Å². The molecule has 3 atom stereocenters. The van der Waals surface area contributed by atoms with Gasteiger partial charge in [0.25, 0.3) is 0 Å². The monoisotopic (exact) mass is 311 g/mol. The Bertz CT molecular complexity index is 656. The maximum Gasteiger partial charge on any atom is 0.222 e. The SMILES string of the molecule is CC(C)(C)c1ccc2c(c1)[C@@]1(C)CCN3C(=O)CC[C@H]3[C@@H]1CC2. The average Bonchev–Trinajstić information content (AvgIpc) is 2.87. The van der Waals surface area contributed by atoms with Crippen LogP contribution >= 0.6 is 0 Å². The molecule has 1 aromatic carbocycles. The minimum atomic E-state index is 0.197. The van der Waals surface area contributed by atoms with Crippen LogP contribution in [0.3, 0.4) is 0 Å². The van der Waals surface area contributed by atoms with E-state index >= 15 is 0 Å². The van der Waals surface area contributed by atoms with Gasteiger partial charge in [-0.1, -0.05) is 45.9 Å². The number of rotatable bonds is 0. The molecule has 124 valence electrons. The first-order chi connectivity index (χ1) is 10.8. The Kier molecular flexibility index (Phi) is 3.21. The first kappa shape index (κ1) is 15.2. The van der Waals surface area contributed by atoms with E-state index in [2.05, 4.69) is 50.8 Å². The molecular weight excluding hydrogens is 282 g/mol. The van der Waals surface area contributed by atoms with E-state index in [0.29, 0.717) is 17.9 Å². The summed E-state index contributed by atoms with van der Waals surface area (Å²) in [6.07, 6.45) is 5.39. The Morgan fingerprint density at radius 1 is 1.17 bits per heavy atom. The van der Waals surface area contributed by atoms with Crippen molar-refractivity contribution in [3.63, 3.8) is 0 Å². The van der Waals surface area contributed by atoms with Gasteiger partial charge in [-0.2, -0.15) is 0 Å². The smallest absolute Gasteiger partial charge is 0.222 e. The van der Waals surface area contributed by atoms with Crippen LogP contribution in [0.25, 0.3) is 0 Å². The standard InChI is InChI=1S/C21H29NO/c1-20(2,3)15-7-5-14-6-8-16-18-9-10-19(23)22(18)12-11-21(16,4)17(14)13-15/h5,7,13,16,18H,6,8-12H2,1-4H3/t16-,18-,21-/m0/s1. The lowest BCUT2D eigenvalue weighted by atomic mass is 9.58. The minimum absolute atomic E-state index is 0.197. The fourth-order valence-electron chi connectivity index (χ4n) is 5.38. The molecule has 1 aliphatic carbocycles. The topological polar surface area (TPSA) is 20.3 Å². The number of nitrogens with zero attached hydrogens (tertiary/aromatic N) is 1. The first-order valence-corrected chi connectivity index (χ1v) is 9.24. The fourth-order valence-corrected chi connectivity index (χ4v) is 5.38. The Morgan fingerprint density at radius 2 is 1.96 bits per heavy atom. The summed E-state index contributed by atoms with van der Waals surface area (Å²) < 4.78 is 0. The highest BCUT2D eigenvalue weighted by molar-refractivity contribution is 5.79. The molecule has 0 aromatic heterocycles. The number of fused-ring (bicyclic) bond motifs is 5. The Morgan fingerprint density at radius 3 is 2.70 bits per heavy atom. The van der Waals surface area contributed by atoms with Gasteiger partial charge in [-0.05, 0) is 59.1 Å². The number of carbonyl (C=O) groups excluding carboxylic acids is 1. The van der Waals surface area contributed by atoms with Crippen LogP contribution in [-0.4, -0.2) is 23.4 Å². The van der Waals surface area contributed by atoms with Crippen LogP contribution in [0.15, 0.2) is 18.2 Å². The maximum absolute atomic E-state index is 12.1. The summed E-state index contributed by atoms with van der Waals surface area (Å²) in [5.74, 6) is 1.04. The fraction of sp³-hybridized carbons (Fsp3) is 0.667. The second kappa shape index (κ2) is 4.84. The van der Waals surface area contributed by atoms with E-state index in [0.717, 1.165) is 25.8 Å². The quantitative estimate of drug-likeness (QED) is 0.703. The zero-order chi connectivity index (χ0) is 16.4. The van der Waals surface area contributed by atoms with Gasteiger partial charge in [0.1, 0.15) is 0 Å².